The van der Waals surface area contributed by atoms with Crippen molar-refractivity contribution in [3.8, 4) is 0 Å². The highest BCUT2D eigenvalue weighted by atomic mass is 16.6. The predicted molar refractivity (Wildman–Crippen MR) is 164 cm³/mol. The van der Waals surface area contributed by atoms with Gasteiger partial charge in [0.05, 0.1) is 0 Å². The van der Waals surface area contributed by atoms with Gasteiger partial charge in [-0.05, 0) is 93.8 Å². The first-order chi connectivity index (χ1) is 19.4. The average molecular weight is 585 g/mol. The van der Waals surface area contributed by atoms with Gasteiger partial charge in [-0.1, -0.05) is 57.9 Å². The molecule has 0 aliphatic heterocycles. The lowest BCUT2D eigenvalue weighted by atomic mass is 9.34. The Kier molecular flexibility index (Phi) is 8.93. The van der Waals surface area contributed by atoms with Gasteiger partial charge in [-0.15, -0.1) is 0 Å². The van der Waals surface area contributed by atoms with Gasteiger partial charge in [0.15, 0.2) is 0 Å². The molecule has 0 aromatic rings. The van der Waals surface area contributed by atoms with E-state index in [2.05, 4.69) is 67.5 Å². The van der Waals surface area contributed by atoms with E-state index >= 15 is 0 Å². The summed E-state index contributed by atoms with van der Waals surface area (Å²) >= 11 is 0. The highest BCUT2D eigenvalue weighted by Crippen LogP contribution is 2.76. The molecule has 4 saturated carbocycles. The van der Waals surface area contributed by atoms with Gasteiger partial charge in [-0.3, -0.25) is 14.4 Å². The lowest BCUT2D eigenvalue weighted by molar-refractivity contribution is -0.276. The van der Waals surface area contributed by atoms with E-state index in [0.717, 1.165) is 44.9 Å². The number of hydrogen-bond donors (Lipinski definition) is 0. The van der Waals surface area contributed by atoms with E-state index in [1.165, 1.54) is 25.0 Å². The first-order valence-corrected chi connectivity index (χ1v) is 16.2. The quantitative estimate of drug-likeness (QED) is 0.179. The summed E-state index contributed by atoms with van der Waals surface area (Å²) in [6.45, 7) is 22.7. The van der Waals surface area contributed by atoms with E-state index in [-0.39, 0.29) is 70.2 Å². The van der Waals surface area contributed by atoms with Crippen molar-refractivity contribution in [2.24, 2.45) is 45.3 Å². The number of carbonyl (C=O) groups is 3. The summed E-state index contributed by atoms with van der Waals surface area (Å²) in [7, 11) is 0. The molecule has 0 saturated heterocycles. The predicted octanol–water partition coefficient (Wildman–Crippen LogP) is 7.99. The van der Waals surface area contributed by atoms with Crippen LogP contribution in [0.25, 0.3) is 0 Å². The van der Waals surface area contributed by atoms with Crippen LogP contribution in [0.5, 0.6) is 0 Å². The molecule has 0 aromatic carbocycles. The highest BCUT2D eigenvalue weighted by Gasteiger charge is 2.73. The summed E-state index contributed by atoms with van der Waals surface area (Å²) in [5, 5.41) is 0. The fourth-order valence-electron chi connectivity index (χ4n) is 11.1. The molecule has 4 fully saturated rings. The first kappa shape index (κ1) is 32.8. The minimum atomic E-state index is -0.392. The number of hydrogen-bond acceptors (Lipinski definition) is 6. The van der Waals surface area contributed by atoms with Crippen molar-refractivity contribution in [1.82, 2.24) is 0 Å². The Morgan fingerprint density at radius 1 is 0.738 bits per heavy atom. The summed E-state index contributed by atoms with van der Waals surface area (Å²) in [6, 6.07) is 0. The Morgan fingerprint density at radius 3 is 1.90 bits per heavy atom. The third kappa shape index (κ3) is 5.38. The minimum Gasteiger partial charge on any atom is -0.462 e. The first-order valence-electron chi connectivity index (χ1n) is 16.2. The molecule has 4 aliphatic rings. The molecule has 0 unspecified atom stereocenters. The maximum absolute atomic E-state index is 12.6. The topological polar surface area (TPSA) is 78.9 Å². The summed E-state index contributed by atoms with van der Waals surface area (Å²) in [4.78, 5) is 37.3. The molecule has 0 radical (unpaired) electrons. The molecule has 4 rings (SSSR count). The van der Waals surface area contributed by atoms with E-state index in [4.69, 9.17) is 14.2 Å². The molecule has 10 atom stereocenters. The molecule has 6 nitrogen and oxygen atoms in total. The molecule has 236 valence electrons. The molecule has 6 heteroatoms. The lowest BCUT2D eigenvalue weighted by Crippen LogP contribution is -2.70. The van der Waals surface area contributed by atoms with Crippen LogP contribution in [-0.4, -0.2) is 36.2 Å². The molecule has 0 aromatic heterocycles. The van der Waals surface area contributed by atoms with Crippen LogP contribution in [0.15, 0.2) is 23.3 Å². The normalized spacial score (nSPS) is 42.4. The lowest BCUT2D eigenvalue weighted by Gasteiger charge is -2.71. The van der Waals surface area contributed by atoms with Gasteiger partial charge in [0.1, 0.15) is 18.3 Å². The molecule has 0 N–H and O–H groups in total. The van der Waals surface area contributed by atoms with Crippen LogP contribution in [0.3, 0.4) is 0 Å². The summed E-state index contributed by atoms with van der Waals surface area (Å²) in [5.41, 5.74) is 1.89. The maximum Gasteiger partial charge on any atom is 0.302 e. The standard InChI is InChI=1S/C36H56O6/c1-21(2)13-12-14-22(3)26-15-18-35(10)31(26)27(40-23(4)37)19-29-34(9)17-16-30(42-25(6)39)33(7,8)32(34)28(41-24(5)38)20-36(29,35)11/h13-14,26-32H,12,15-20H2,1-11H3/b22-14-/t26-,27-,28+,29-,30+,31+,32+,34-,35-,36-/m1/s1. The van der Waals surface area contributed by atoms with Crippen LogP contribution < -0.4 is 0 Å². The second-order valence-electron chi connectivity index (χ2n) is 15.7. The maximum atomic E-state index is 12.6. The zero-order valence-corrected chi connectivity index (χ0v) is 28.1. The molecule has 42 heavy (non-hydrogen) atoms. The summed E-state index contributed by atoms with van der Waals surface area (Å²) in [6.07, 6.45) is 10.2. The second-order valence-corrected chi connectivity index (χ2v) is 15.7. The molecule has 0 bridgehead atoms. The fourth-order valence-corrected chi connectivity index (χ4v) is 11.1. The van der Waals surface area contributed by atoms with Gasteiger partial charge in [-0.25, -0.2) is 0 Å². The Balaban J connectivity index is 1.83. The number of esters is 3. The largest absolute Gasteiger partial charge is 0.462 e. The second kappa shape index (κ2) is 11.4. The Hall–Kier alpha value is -2.11. The zero-order valence-electron chi connectivity index (χ0n) is 28.1. The fraction of sp³-hybridized carbons (Fsp3) is 0.806. The number of ether oxygens (including phenoxy) is 3. The third-order valence-corrected chi connectivity index (χ3v) is 12.7. The number of carbonyl (C=O) groups excluding carboxylic acids is 3. The van der Waals surface area contributed by atoms with Gasteiger partial charge < -0.3 is 14.2 Å². The van der Waals surface area contributed by atoms with Crippen molar-refractivity contribution < 1.29 is 28.6 Å². The van der Waals surface area contributed by atoms with Crippen molar-refractivity contribution in [2.45, 2.75) is 139 Å². The van der Waals surface area contributed by atoms with Gasteiger partial charge in [0.25, 0.3) is 0 Å². The Bertz CT molecular complexity index is 1150. The van der Waals surface area contributed by atoms with E-state index in [9.17, 15) is 14.4 Å². The Morgan fingerprint density at radius 2 is 1.33 bits per heavy atom. The van der Waals surface area contributed by atoms with Crippen LogP contribution >= 0.6 is 0 Å². The smallest absolute Gasteiger partial charge is 0.302 e. The monoisotopic (exact) mass is 584 g/mol. The summed E-state index contributed by atoms with van der Waals surface area (Å²) in [5.74, 6) is 0.0780. The van der Waals surface area contributed by atoms with E-state index in [0.29, 0.717) is 5.92 Å². The van der Waals surface area contributed by atoms with Crippen LogP contribution in [0.2, 0.25) is 0 Å². The van der Waals surface area contributed by atoms with Crippen molar-refractivity contribution in [3.05, 3.63) is 23.3 Å². The molecule has 0 amide bonds. The molecular weight excluding hydrogens is 528 g/mol. The number of allylic oxidation sites excluding steroid dienone is 4. The Labute approximate surface area is 254 Å². The van der Waals surface area contributed by atoms with Crippen molar-refractivity contribution in [2.75, 3.05) is 0 Å². The van der Waals surface area contributed by atoms with Crippen molar-refractivity contribution >= 4 is 17.9 Å². The zero-order chi connectivity index (χ0) is 31.4. The van der Waals surface area contributed by atoms with Crippen molar-refractivity contribution in [3.63, 3.8) is 0 Å². The molecule has 4 aliphatic carbocycles. The van der Waals surface area contributed by atoms with E-state index in [1.807, 2.05) is 0 Å². The minimum absolute atomic E-state index is 0.00565. The van der Waals surface area contributed by atoms with Gasteiger partial charge in [0.2, 0.25) is 0 Å². The highest BCUT2D eigenvalue weighted by molar-refractivity contribution is 5.67. The van der Waals surface area contributed by atoms with Gasteiger partial charge >= 0.3 is 17.9 Å². The van der Waals surface area contributed by atoms with Gasteiger partial charge in [-0.2, -0.15) is 0 Å². The summed E-state index contributed by atoms with van der Waals surface area (Å²) < 4.78 is 18.5. The third-order valence-electron chi connectivity index (χ3n) is 12.7. The van der Waals surface area contributed by atoms with Crippen LogP contribution in [0.4, 0.5) is 0 Å². The van der Waals surface area contributed by atoms with Crippen LogP contribution in [0, 0.1) is 45.3 Å². The molecular formula is C36H56O6. The molecule has 0 spiro atoms. The number of fused-ring (bicyclic) bond motifs is 5. The van der Waals surface area contributed by atoms with Crippen LogP contribution in [-0.2, 0) is 28.6 Å². The van der Waals surface area contributed by atoms with E-state index < -0.39 is 5.41 Å². The SMILES string of the molecule is CC(=O)O[C@H]1C[C@]2(C)[C@H](C[C@@H](OC(C)=O)[C@@H]3[C@@H](/C(C)=C\CC=C(C)C)CC[C@]32C)[C@@]2(C)CC[C@H](OC(C)=O)C(C)(C)[C@H]12. The average Bonchev–Trinajstić information content (AvgIpc) is 3.20. The number of rotatable bonds is 6. The molecule has 0 heterocycles. The van der Waals surface area contributed by atoms with Crippen molar-refractivity contribution in [1.29, 1.82) is 0 Å². The van der Waals surface area contributed by atoms with Crippen LogP contribution in [0.1, 0.15) is 121 Å². The van der Waals surface area contributed by atoms with E-state index in [1.54, 1.807) is 6.92 Å². The van der Waals surface area contributed by atoms with Gasteiger partial charge in [0, 0.05) is 38.0 Å².